The van der Waals surface area contributed by atoms with E-state index in [1.54, 1.807) is 0 Å². The topological polar surface area (TPSA) is 86.0 Å². The molecule has 6 nitrogen and oxygen atoms in total. The van der Waals surface area contributed by atoms with Crippen LogP contribution in [-0.4, -0.2) is 20.7 Å². The molecule has 0 saturated carbocycles. The lowest BCUT2D eigenvalue weighted by Crippen LogP contribution is -2.07. The molecule has 1 aromatic heterocycles. The number of hydrogen-bond donors (Lipinski definition) is 0. The molecule has 74 valence electrons. The highest BCUT2D eigenvalue weighted by Gasteiger charge is 2.25. The summed E-state index contributed by atoms with van der Waals surface area (Å²) in [4.78, 5) is 28.1. The monoisotopic (exact) mass is 215 g/mol. The van der Waals surface area contributed by atoms with E-state index in [0.29, 0.717) is 0 Å². The largest absolute Gasteiger partial charge is 0.335 e. The minimum Gasteiger partial charge on any atom is -0.292 e. The van der Waals surface area contributed by atoms with Gasteiger partial charge in [-0.3, -0.25) is 14.9 Å². The van der Waals surface area contributed by atoms with Crippen LogP contribution in [0.4, 0.5) is 5.69 Å². The molecule has 0 saturated heterocycles. The number of carbonyl (C=O) groups is 1. The number of aryl methyl sites for hydroxylation is 1. The minimum atomic E-state index is -0.765. The van der Waals surface area contributed by atoms with E-state index in [4.69, 9.17) is 11.6 Å². The lowest BCUT2D eigenvalue weighted by molar-refractivity contribution is -0.385. The Balaban J connectivity index is 3.52. The molecule has 0 aliphatic rings. The molecular weight excluding hydrogens is 210 g/mol. The number of nitro groups is 1. The van der Waals surface area contributed by atoms with Crippen molar-refractivity contribution in [2.45, 2.75) is 13.8 Å². The van der Waals surface area contributed by atoms with Gasteiger partial charge in [0, 0.05) is 6.92 Å². The molecule has 1 rings (SSSR count). The molecule has 0 atom stereocenters. The Morgan fingerprint density at radius 1 is 1.50 bits per heavy atom. The van der Waals surface area contributed by atoms with Crippen LogP contribution in [0.3, 0.4) is 0 Å². The summed E-state index contributed by atoms with van der Waals surface area (Å²) in [6.07, 6.45) is 0. The van der Waals surface area contributed by atoms with Crippen molar-refractivity contribution in [3.05, 3.63) is 26.8 Å². The molecule has 1 aromatic rings. The number of ketones is 1. The van der Waals surface area contributed by atoms with Crippen LogP contribution in [0.25, 0.3) is 0 Å². The van der Waals surface area contributed by atoms with Gasteiger partial charge in [0.1, 0.15) is 5.82 Å². The maximum absolute atomic E-state index is 11.0. The van der Waals surface area contributed by atoms with Crippen LogP contribution >= 0.6 is 11.6 Å². The fourth-order valence-corrected chi connectivity index (χ4v) is 1.22. The highest BCUT2D eigenvalue weighted by atomic mass is 35.5. The Labute approximate surface area is 84.1 Å². The van der Waals surface area contributed by atoms with Gasteiger partial charge in [0.15, 0.2) is 11.5 Å². The third-order valence-electron chi connectivity index (χ3n) is 1.47. The zero-order valence-corrected chi connectivity index (χ0v) is 8.20. The number of nitrogens with zero attached hydrogens (tertiary/aromatic N) is 3. The molecule has 0 radical (unpaired) electrons. The summed E-state index contributed by atoms with van der Waals surface area (Å²) in [5.41, 5.74) is -0.794. The smallest absolute Gasteiger partial charge is 0.292 e. The maximum Gasteiger partial charge on any atom is 0.335 e. The van der Waals surface area contributed by atoms with Crippen molar-refractivity contribution in [3.63, 3.8) is 0 Å². The van der Waals surface area contributed by atoms with Crippen molar-refractivity contribution < 1.29 is 9.72 Å². The summed E-state index contributed by atoms with van der Waals surface area (Å²) in [5.74, 6) is -0.282. The fourth-order valence-electron chi connectivity index (χ4n) is 0.940. The molecule has 0 amide bonds. The van der Waals surface area contributed by atoms with E-state index in [-0.39, 0.29) is 16.7 Å². The van der Waals surface area contributed by atoms with Crippen molar-refractivity contribution in [3.8, 4) is 0 Å². The Bertz CT molecular complexity index is 419. The predicted octanol–water partition coefficient (Wildman–Crippen LogP) is 1.55. The van der Waals surface area contributed by atoms with Gasteiger partial charge >= 0.3 is 5.69 Å². The maximum atomic E-state index is 11.0. The molecule has 0 fully saturated rings. The van der Waals surface area contributed by atoms with Crippen LogP contribution < -0.4 is 0 Å². The lowest BCUT2D eigenvalue weighted by atomic mass is 10.2. The molecule has 0 spiro atoms. The summed E-state index contributed by atoms with van der Waals surface area (Å²) >= 11 is 5.53. The fraction of sp³-hybridized carbons (Fsp3) is 0.286. The van der Waals surface area contributed by atoms with Crippen LogP contribution in [0.1, 0.15) is 23.2 Å². The zero-order chi connectivity index (χ0) is 10.9. The second-order valence-electron chi connectivity index (χ2n) is 2.57. The van der Waals surface area contributed by atoms with Crippen molar-refractivity contribution >= 4 is 23.1 Å². The van der Waals surface area contributed by atoms with Crippen LogP contribution in [0.5, 0.6) is 0 Å². The third kappa shape index (κ3) is 1.85. The van der Waals surface area contributed by atoms with Gasteiger partial charge in [-0.1, -0.05) is 11.6 Å². The number of hydrogen-bond acceptors (Lipinski definition) is 5. The Morgan fingerprint density at radius 2 is 2.07 bits per heavy atom. The van der Waals surface area contributed by atoms with Crippen molar-refractivity contribution in [1.29, 1.82) is 0 Å². The van der Waals surface area contributed by atoms with Gasteiger partial charge in [-0.05, 0) is 6.92 Å². The van der Waals surface area contributed by atoms with Gasteiger partial charge in [0.25, 0.3) is 0 Å². The quantitative estimate of drug-likeness (QED) is 0.323. The summed E-state index contributed by atoms with van der Waals surface area (Å²) in [5, 5.41) is 10.2. The second kappa shape index (κ2) is 3.67. The van der Waals surface area contributed by atoms with Crippen molar-refractivity contribution in [2.75, 3.05) is 0 Å². The normalized spacial score (nSPS) is 9.93. The first kappa shape index (κ1) is 10.5. The van der Waals surface area contributed by atoms with E-state index in [9.17, 15) is 14.9 Å². The first-order valence-electron chi connectivity index (χ1n) is 3.63. The molecule has 0 aliphatic carbocycles. The number of Topliss-reactive ketones (excluding diaryl/α,β-unsaturated/α-hetero) is 1. The minimum absolute atomic E-state index is 0.228. The highest BCUT2D eigenvalue weighted by Crippen LogP contribution is 2.25. The molecular formula is C7H6ClN3O3. The zero-order valence-electron chi connectivity index (χ0n) is 7.44. The molecule has 0 unspecified atom stereocenters. The summed E-state index contributed by atoms with van der Waals surface area (Å²) in [6, 6.07) is 0. The van der Waals surface area contributed by atoms with Gasteiger partial charge < -0.3 is 0 Å². The Hall–Kier alpha value is -1.56. The molecule has 0 aliphatic heterocycles. The van der Waals surface area contributed by atoms with Gasteiger partial charge in [-0.2, -0.15) is 0 Å². The molecule has 14 heavy (non-hydrogen) atoms. The summed E-state index contributed by atoms with van der Waals surface area (Å²) in [7, 11) is 0. The molecule has 7 heteroatoms. The second-order valence-corrected chi connectivity index (χ2v) is 2.93. The number of aromatic nitrogens is 2. The van der Waals surface area contributed by atoms with Crippen molar-refractivity contribution in [1.82, 2.24) is 9.97 Å². The first-order chi connectivity index (χ1) is 6.43. The summed E-state index contributed by atoms with van der Waals surface area (Å²) in [6.45, 7) is 2.69. The van der Waals surface area contributed by atoms with Crippen LogP contribution in [0, 0.1) is 17.0 Å². The third-order valence-corrected chi connectivity index (χ3v) is 1.73. The van der Waals surface area contributed by atoms with Gasteiger partial charge in [0.05, 0.1) is 4.92 Å². The van der Waals surface area contributed by atoms with E-state index in [1.807, 2.05) is 0 Å². The number of halogens is 1. The number of carbonyl (C=O) groups excluding carboxylic acids is 1. The van der Waals surface area contributed by atoms with E-state index in [1.165, 1.54) is 13.8 Å². The lowest BCUT2D eigenvalue weighted by Gasteiger charge is -2.00. The Kier molecular flexibility index (Phi) is 2.76. The van der Waals surface area contributed by atoms with Crippen molar-refractivity contribution in [2.24, 2.45) is 0 Å². The first-order valence-corrected chi connectivity index (χ1v) is 4.00. The van der Waals surface area contributed by atoms with Gasteiger partial charge in [-0.25, -0.2) is 9.97 Å². The predicted molar refractivity (Wildman–Crippen MR) is 48.4 cm³/mol. The van der Waals surface area contributed by atoms with Crippen LogP contribution in [0.15, 0.2) is 0 Å². The van der Waals surface area contributed by atoms with Crippen LogP contribution in [0.2, 0.25) is 5.15 Å². The summed E-state index contributed by atoms with van der Waals surface area (Å²) < 4.78 is 0. The van der Waals surface area contributed by atoms with Gasteiger partial charge in [-0.15, -0.1) is 0 Å². The molecule has 0 bridgehead atoms. The van der Waals surface area contributed by atoms with E-state index >= 15 is 0 Å². The number of rotatable bonds is 2. The average Bonchev–Trinajstić information content (AvgIpc) is 2.01. The van der Waals surface area contributed by atoms with Gasteiger partial charge in [0.2, 0.25) is 5.15 Å². The van der Waals surface area contributed by atoms with E-state index in [2.05, 4.69) is 9.97 Å². The Morgan fingerprint density at radius 3 is 2.50 bits per heavy atom. The molecule has 0 N–H and O–H groups in total. The standard InChI is InChI=1S/C7H6ClN3O3/c1-3(12)5-6(11(13)14)7(8)10-4(2)9-5/h1-2H3. The highest BCUT2D eigenvalue weighted by molar-refractivity contribution is 6.32. The molecule has 0 aromatic carbocycles. The SMILES string of the molecule is CC(=O)c1nc(C)nc(Cl)c1[N+](=O)[O-]. The average molecular weight is 216 g/mol. The molecule has 1 heterocycles. The van der Waals surface area contributed by atoms with E-state index in [0.717, 1.165) is 0 Å². The van der Waals surface area contributed by atoms with Crippen LogP contribution in [-0.2, 0) is 0 Å². The van der Waals surface area contributed by atoms with E-state index < -0.39 is 16.4 Å².